The Morgan fingerprint density at radius 2 is 1.93 bits per heavy atom. The Labute approximate surface area is 158 Å². The monoisotopic (exact) mass is 390 g/mol. The summed E-state index contributed by atoms with van der Waals surface area (Å²) in [5.41, 5.74) is 1.48. The van der Waals surface area contributed by atoms with Crippen LogP contribution in [-0.2, 0) is 10.0 Å². The van der Waals surface area contributed by atoms with E-state index in [0.717, 1.165) is 0 Å². The average molecular weight is 390 g/mol. The Bertz CT molecular complexity index is 926. The lowest BCUT2D eigenvalue weighted by molar-refractivity contribution is 0.102. The van der Waals surface area contributed by atoms with Crippen LogP contribution in [0.3, 0.4) is 0 Å². The van der Waals surface area contributed by atoms with Crippen molar-refractivity contribution in [3.63, 3.8) is 0 Å². The molecule has 0 unspecified atom stereocenters. The van der Waals surface area contributed by atoms with E-state index in [-0.39, 0.29) is 11.7 Å². The Kier molecular flexibility index (Phi) is 5.55. The van der Waals surface area contributed by atoms with Crippen LogP contribution in [0.4, 0.5) is 11.4 Å². The van der Waals surface area contributed by atoms with E-state index in [1.165, 1.54) is 11.4 Å². The summed E-state index contributed by atoms with van der Waals surface area (Å²) in [7, 11) is -1.80. The Hall–Kier alpha value is -2.74. The zero-order valence-electron chi connectivity index (χ0n) is 15.3. The van der Waals surface area contributed by atoms with Crippen LogP contribution < -0.4 is 19.1 Å². The first-order valence-corrected chi connectivity index (χ1v) is 10.3. The predicted octanol–water partition coefficient (Wildman–Crippen LogP) is 2.89. The van der Waals surface area contributed by atoms with Gasteiger partial charge in [-0.1, -0.05) is 0 Å². The van der Waals surface area contributed by atoms with Gasteiger partial charge in [0.1, 0.15) is 11.5 Å². The maximum Gasteiger partial charge on any atom is 0.255 e. The van der Waals surface area contributed by atoms with Crippen LogP contribution in [0, 0.1) is 0 Å². The zero-order valence-corrected chi connectivity index (χ0v) is 16.1. The van der Waals surface area contributed by atoms with Crippen molar-refractivity contribution in [2.75, 3.05) is 35.6 Å². The Morgan fingerprint density at radius 1 is 1.19 bits per heavy atom. The summed E-state index contributed by atoms with van der Waals surface area (Å²) in [6.45, 7) is 2.90. The second kappa shape index (κ2) is 7.87. The van der Waals surface area contributed by atoms with Crippen molar-refractivity contribution in [1.82, 2.24) is 0 Å². The number of sulfonamides is 1. The summed E-state index contributed by atoms with van der Waals surface area (Å²) in [4.78, 5) is 12.5. The van der Waals surface area contributed by atoms with E-state index in [0.29, 0.717) is 48.0 Å². The smallest absolute Gasteiger partial charge is 0.255 e. The highest BCUT2D eigenvalue weighted by atomic mass is 32.2. The molecule has 0 atom stereocenters. The van der Waals surface area contributed by atoms with Gasteiger partial charge in [-0.15, -0.1) is 0 Å². The first-order valence-electron chi connectivity index (χ1n) is 8.67. The van der Waals surface area contributed by atoms with Crippen molar-refractivity contribution >= 4 is 27.3 Å². The minimum absolute atomic E-state index is 0.144. The zero-order chi connectivity index (χ0) is 19.4. The molecular weight excluding hydrogens is 368 g/mol. The SMILES string of the molecule is CCOc1ccc(C(=O)Nc2ccc(N3CCCS3(=O)=O)cc2OC)cc1. The van der Waals surface area contributed by atoms with E-state index in [1.807, 2.05) is 6.92 Å². The predicted molar refractivity (Wildman–Crippen MR) is 104 cm³/mol. The summed E-state index contributed by atoms with van der Waals surface area (Å²) in [6.07, 6.45) is 0.598. The molecule has 0 aliphatic carbocycles. The molecule has 1 fully saturated rings. The first kappa shape index (κ1) is 19.0. The van der Waals surface area contributed by atoms with E-state index >= 15 is 0 Å². The minimum Gasteiger partial charge on any atom is -0.494 e. The molecule has 0 saturated carbocycles. The number of rotatable bonds is 6. The molecule has 8 heteroatoms. The topological polar surface area (TPSA) is 84.9 Å². The number of carbonyl (C=O) groups is 1. The molecule has 27 heavy (non-hydrogen) atoms. The van der Waals surface area contributed by atoms with Crippen LogP contribution in [0.1, 0.15) is 23.7 Å². The number of nitrogens with zero attached hydrogens (tertiary/aromatic N) is 1. The molecule has 1 N–H and O–H groups in total. The largest absolute Gasteiger partial charge is 0.494 e. The van der Waals surface area contributed by atoms with E-state index in [4.69, 9.17) is 9.47 Å². The second-order valence-corrected chi connectivity index (χ2v) is 8.05. The van der Waals surface area contributed by atoms with Gasteiger partial charge in [0.05, 0.1) is 30.8 Å². The highest BCUT2D eigenvalue weighted by molar-refractivity contribution is 7.93. The third-order valence-corrected chi connectivity index (χ3v) is 6.12. The molecule has 1 aliphatic rings. The van der Waals surface area contributed by atoms with Crippen LogP contribution in [0.15, 0.2) is 42.5 Å². The normalized spacial score (nSPS) is 15.4. The van der Waals surface area contributed by atoms with Gasteiger partial charge in [-0.25, -0.2) is 8.42 Å². The molecule has 1 heterocycles. The van der Waals surface area contributed by atoms with Crippen molar-refractivity contribution in [1.29, 1.82) is 0 Å². The van der Waals surface area contributed by atoms with Crippen molar-refractivity contribution in [2.45, 2.75) is 13.3 Å². The number of ether oxygens (including phenoxy) is 2. The molecule has 1 aliphatic heterocycles. The van der Waals surface area contributed by atoms with Gasteiger partial charge in [-0.3, -0.25) is 9.10 Å². The van der Waals surface area contributed by atoms with Crippen molar-refractivity contribution in [3.05, 3.63) is 48.0 Å². The van der Waals surface area contributed by atoms with Gasteiger partial charge < -0.3 is 14.8 Å². The Morgan fingerprint density at radius 3 is 2.52 bits per heavy atom. The van der Waals surface area contributed by atoms with Gasteiger partial charge in [0.15, 0.2) is 0 Å². The van der Waals surface area contributed by atoms with E-state index in [9.17, 15) is 13.2 Å². The highest BCUT2D eigenvalue weighted by Gasteiger charge is 2.29. The summed E-state index contributed by atoms with van der Waals surface area (Å²) < 4.78 is 36.3. The lowest BCUT2D eigenvalue weighted by atomic mass is 10.2. The molecule has 144 valence electrons. The number of amides is 1. The molecule has 0 spiro atoms. The van der Waals surface area contributed by atoms with Crippen molar-refractivity contribution < 1.29 is 22.7 Å². The number of benzene rings is 2. The quantitative estimate of drug-likeness (QED) is 0.820. The lowest BCUT2D eigenvalue weighted by Gasteiger charge is -2.19. The number of nitrogens with one attached hydrogen (secondary N) is 1. The van der Waals surface area contributed by atoms with E-state index in [2.05, 4.69) is 5.32 Å². The fourth-order valence-corrected chi connectivity index (χ4v) is 4.49. The lowest BCUT2D eigenvalue weighted by Crippen LogP contribution is -2.25. The molecule has 1 amide bonds. The van der Waals surface area contributed by atoms with Gasteiger partial charge in [-0.2, -0.15) is 0 Å². The molecule has 7 nitrogen and oxygen atoms in total. The number of carbonyl (C=O) groups excluding carboxylic acids is 1. The van der Waals surface area contributed by atoms with Gasteiger partial charge in [-0.05, 0) is 49.7 Å². The van der Waals surface area contributed by atoms with E-state index in [1.54, 1.807) is 42.5 Å². The maximum atomic E-state index is 12.5. The standard InChI is InChI=1S/C19H22N2O5S/c1-3-26-16-8-5-14(6-9-16)19(22)20-17-10-7-15(13-18(17)25-2)21-11-4-12-27(21,23)24/h5-10,13H,3-4,11-12H2,1-2H3,(H,20,22). The average Bonchev–Trinajstić information content (AvgIpc) is 3.02. The summed E-state index contributed by atoms with van der Waals surface area (Å²) in [5, 5.41) is 2.80. The maximum absolute atomic E-state index is 12.5. The number of methoxy groups -OCH3 is 1. The third kappa shape index (κ3) is 4.16. The van der Waals surface area contributed by atoms with Gasteiger partial charge >= 0.3 is 0 Å². The number of hydrogen-bond donors (Lipinski definition) is 1. The van der Waals surface area contributed by atoms with Gasteiger partial charge in [0.2, 0.25) is 10.0 Å². The van der Waals surface area contributed by atoms with Crippen molar-refractivity contribution in [3.8, 4) is 11.5 Å². The van der Waals surface area contributed by atoms with Gasteiger partial charge in [0, 0.05) is 18.2 Å². The molecule has 0 aromatic heterocycles. The number of hydrogen-bond acceptors (Lipinski definition) is 5. The molecule has 0 bridgehead atoms. The summed E-state index contributed by atoms with van der Waals surface area (Å²) in [5.74, 6) is 0.945. The first-order chi connectivity index (χ1) is 12.9. The molecule has 3 rings (SSSR count). The molecule has 1 saturated heterocycles. The van der Waals surface area contributed by atoms with E-state index < -0.39 is 10.0 Å². The van der Waals surface area contributed by atoms with Crippen LogP contribution in [-0.4, -0.2) is 40.3 Å². The Balaban J connectivity index is 1.79. The fourth-order valence-electron chi connectivity index (χ4n) is 2.93. The van der Waals surface area contributed by atoms with Crippen LogP contribution in [0.2, 0.25) is 0 Å². The summed E-state index contributed by atoms with van der Waals surface area (Å²) in [6, 6.07) is 11.8. The minimum atomic E-state index is -3.27. The fraction of sp³-hybridized carbons (Fsp3) is 0.316. The molecule has 0 radical (unpaired) electrons. The van der Waals surface area contributed by atoms with Crippen molar-refractivity contribution in [2.24, 2.45) is 0 Å². The third-order valence-electron chi connectivity index (χ3n) is 4.25. The number of anilines is 2. The highest BCUT2D eigenvalue weighted by Crippen LogP contribution is 2.33. The second-order valence-electron chi connectivity index (χ2n) is 6.04. The van der Waals surface area contributed by atoms with Gasteiger partial charge in [0.25, 0.3) is 5.91 Å². The van der Waals surface area contributed by atoms with Crippen LogP contribution in [0.5, 0.6) is 11.5 Å². The molecule has 2 aromatic rings. The summed E-state index contributed by atoms with van der Waals surface area (Å²) >= 11 is 0. The molecular formula is C19H22N2O5S. The molecule has 2 aromatic carbocycles. The van der Waals surface area contributed by atoms with Crippen LogP contribution >= 0.6 is 0 Å². The van der Waals surface area contributed by atoms with Crippen LogP contribution in [0.25, 0.3) is 0 Å².